The second kappa shape index (κ2) is 10.6. The summed E-state index contributed by atoms with van der Waals surface area (Å²) < 4.78 is 9.96. The summed E-state index contributed by atoms with van der Waals surface area (Å²) >= 11 is 0. The average molecular weight is 380 g/mol. The Kier molecular flexibility index (Phi) is 7.64. The Morgan fingerprint density at radius 3 is 2.32 bits per heavy atom. The minimum Gasteiger partial charge on any atom is -0.482 e. The average Bonchev–Trinajstić information content (AvgIpc) is 2.75. The second-order valence-electron chi connectivity index (χ2n) is 6.90. The van der Waals surface area contributed by atoms with E-state index in [4.69, 9.17) is 4.74 Å². The van der Waals surface area contributed by atoms with Crippen LogP contribution in [0.1, 0.15) is 11.1 Å². The normalized spacial score (nSPS) is 15.6. The first-order valence-electron chi connectivity index (χ1n) is 9.68. The summed E-state index contributed by atoms with van der Waals surface area (Å²) in [5.41, 5.74) is 2.50. The highest BCUT2D eigenvalue weighted by Crippen LogP contribution is 2.15. The predicted octanol–water partition coefficient (Wildman–Crippen LogP) is 3.07. The van der Waals surface area contributed by atoms with Crippen molar-refractivity contribution in [2.45, 2.75) is 6.54 Å². The number of methoxy groups -OCH3 is 1. The first-order chi connectivity index (χ1) is 13.7. The van der Waals surface area contributed by atoms with Gasteiger partial charge in [0.15, 0.2) is 6.61 Å². The molecule has 1 fully saturated rings. The summed E-state index contributed by atoms with van der Waals surface area (Å²) in [6, 6.07) is 18.3. The van der Waals surface area contributed by atoms with Crippen molar-refractivity contribution in [3.05, 3.63) is 71.8 Å². The van der Waals surface area contributed by atoms with E-state index in [9.17, 15) is 4.79 Å². The van der Waals surface area contributed by atoms with Crippen molar-refractivity contribution >= 4 is 12.0 Å². The van der Waals surface area contributed by atoms with Crippen molar-refractivity contribution in [1.82, 2.24) is 9.80 Å². The molecule has 0 aliphatic carbocycles. The van der Waals surface area contributed by atoms with Gasteiger partial charge < -0.3 is 9.47 Å². The van der Waals surface area contributed by atoms with Gasteiger partial charge in [-0.1, -0.05) is 54.6 Å². The third-order valence-corrected chi connectivity index (χ3v) is 4.85. The number of esters is 1. The van der Waals surface area contributed by atoms with Gasteiger partial charge in [0.05, 0.1) is 7.11 Å². The highest BCUT2D eigenvalue weighted by Gasteiger charge is 2.16. The van der Waals surface area contributed by atoms with Gasteiger partial charge >= 0.3 is 5.97 Å². The maximum absolute atomic E-state index is 11.1. The lowest BCUT2D eigenvalue weighted by atomic mass is 10.2. The highest BCUT2D eigenvalue weighted by atomic mass is 16.6. The lowest BCUT2D eigenvalue weighted by Crippen LogP contribution is -2.45. The summed E-state index contributed by atoms with van der Waals surface area (Å²) in [4.78, 5) is 16.1. The number of hydrogen-bond acceptors (Lipinski definition) is 5. The monoisotopic (exact) mass is 380 g/mol. The van der Waals surface area contributed by atoms with Crippen LogP contribution in [-0.2, 0) is 16.1 Å². The molecule has 0 amide bonds. The third-order valence-electron chi connectivity index (χ3n) is 4.85. The zero-order valence-electron chi connectivity index (χ0n) is 16.4. The van der Waals surface area contributed by atoms with Crippen molar-refractivity contribution in [2.75, 3.05) is 46.4 Å². The van der Waals surface area contributed by atoms with E-state index in [0.29, 0.717) is 5.75 Å². The minimum atomic E-state index is -0.374. The summed E-state index contributed by atoms with van der Waals surface area (Å²) in [6.45, 7) is 6.18. The van der Waals surface area contributed by atoms with Crippen LogP contribution < -0.4 is 4.74 Å². The number of piperazine rings is 1. The molecule has 0 unspecified atom stereocenters. The zero-order chi connectivity index (χ0) is 19.6. The number of carbonyl (C=O) groups is 1. The molecule has 3 rings (SSSR count). The largest absolute Gasteiger partial charge is 0.482 e. The van der Waals surface area contributed by atoms with Crippen LogP contribution in [0.5, 0.6) is 5.75 Å². The molecule has 5 heteroatoms. The van der Waals surface area contributed by atoms with E-state index >= 15 is 0 Å². The number of ether oxygens (including phenoxy) is 2. The molecule has 1 aliphatic heterocycles. The smallest absolute Gasteiger partial charge is 0.343 e. The fraction of sp³-hybridized carbons (Fsp3) is 0.348. The summed E-state index contributed by atoms with van der Waals surface area (Å²) in [5.74, 6) is 0.310. The maximum atomic E-state index is 11.1. The highest BCUT2D eigenvalue weighted by molar-refractivity contribution is 5.70. The quantitative estimate of drug-likeness (QED) is 0.659. The Labute approximate surface area is 167 Å². The van der Waals surface area contributed by atoms with Crippen LogP contribution in [0, 0.1) is 0 Å². The predicted molar refractivity (Wildman–Crippen MR) is 111 cm³/mol. The topological polar surface area (TPSA) is 42.0 Å². The van der Waals surface area contributed by atoms with E-state index < -0.39 is 0 Å². The molecular formula is C23H28N2O3. The van der Waals surface area contributed by atoms with Gasteiger partial charge in [0.25, 0.3) is 0 Å². The molecule has 1 heterocycles. The van der Waals surface area contributed by atoms with E-state index in [2.05, 4.69) is 63.1 Å². The Balaban J connectivity index is 1.38. The Morgan fingerprint density at radius 1 is 0.964 bits per heavy atom. The molecule has 1 aliphatic rings. The molecule has 0 N–H and O–H groups in total. The molecule has 28 heavy (non-hydrogen) atoms. The first-order valence-corrected chi connectivity index (χ1v) is 9.68. The van der Waals surface area contributed by atoms with Crippen molar-refractivity contribution in [2.24, 2.45) is 0 Å². The molecule has 1 saturated heterocycles. The van der Waals surface area contributed by atoms with Gasteiger partial charge in [-0.25, -0.2) is 4.79 Å². The van der Waals surface area contributed by atoms with Crippen molar-refractivity contribution < 1.29 is 14.3 Å². The van der Waals surface area contributed by atoms with Crippen LogP contribution in [0.25, 0.3) is 6.08 Å². The van der Waals surface area contributed by atoms with Crippen LogP contribution in [0.4, 0.5) is 0 Å². The van der Waals surface area contributed by atoms with Gasteiger partial charge in [-0.3, -0.25) is 9.80 Å². The Morgan fingerprint density at radius 2 is 1.64 bits per heavy atom. The van der Waals surface area contributed by atoms with Crippen LogP contribution in [-0.4, -0.2) is 62.2 Å². The van der Waals surface area contributed by atoms with Crippen LogP contribution in [0.3, 0.4) is 0 Å². The summed E-state index contributed by atoms with van der Waals surface area (Å²) in [7, 11) is 1.36. The van der Waals surface area contributed by atoms with Crippen LogP contribution in [0.15, 0.2) is 60.7 Å². The molecule has 0 saturated carbocycles. The van der Waals surface area contributed by atoms with Crippen molar-refractivity contribution in [3.63, 3.8) is 0 Å². The molecule has 2 aromatic rings. The van der Waals surface area contributed by atoms with E-state index in [-0.39, 0.29) is 12.6 Å². The molecule has 0 aromatic heterocycles. The zero-order valence-corrected chi connectivity index (χ0v) is 16.4. The molecule has 2 aromatic carbocycles. The van der Waals surface area contributed by atoms with Gasteiger partial charge in [0, 0.05) is 39.3 Å². The minimum absolute atomic E-state index is 0.0590. The van der Waals surface area contributed by atoms with Gasteiger partial charge in [-0.2, -0.15) is 0 Å². The molecular weight excluding hydrogens is 352 g/mol. The van der Waals surface area contributed by atoms with Gasteiger partial charge in [0.2, 0.25) is 0 Å². The Bertz CT molecular complexity index is 751. The summed E-state index contributed by atoms with van der Waals surface area (Å²) in [6.07, 6.45) is 4.44. The molecule has 0 atom stereocenters. The van der Waals surface area contributed by atoms with Crippen LogP contribution >= 0.6 is 0 Å². The lowest BCUT2D eigenvalue weighted by Gasteiger charge is -2.34. The molecule has 0 radical (unpaired) electrons. The van der Waals surface area contributed by atoms with Crippen LogP contribution in [0.2, 0.25) is 0 Å². The SMILES string of the molecule is COC(=O)COc1ccc(CN2CCN(CC=Cc3ccccc3)CC2)cc1. The number of carbonyl (C=O) groups excluding carboxylic acids is 1. The molecule has 0 spiro atoms. The number of hydrogen-bond donors (Lipinski definition) is 0. The van der Waals surface area contributed by atoms with E-state index in [0.717, 1.165) is 39.3 Å². The van der Waals surface area contributed by atoms with Crippen molar-refractivity contribution in [1.29, 1.82) is 0 Å². The Hall–Kier alpha value is -2.63. The molecule has 5 nitrogen and oxygen atoms in total. The van der Waals surface area contributed by atoms with E-state index in [1.165, 1.54) is 18.2 Å². The number of rotatable bonds is 8. The van der Waals surface area contributed by atoms with Gasteiger partial charge in [-0.05, 0) is 23.3 Å². The van der Waals surface area contributed by atoms with Gasteiger partial charge in [0.1, 0.15) is 5.75 Å². The van der Waals surface area contributed by atoms with Crippen molar-refractivity contribution in [3.8, 4) is 5.75 Å². The molecule has 148 valence electrons. The van der Waals surface area contributed by atoms with E-state index in [1.807, 2.05) is 18.2 Å². The first kappa shape index (κ1) is 20.1. The third kappa shape index (κ3) is 6.51. The summed E-state index contributed by atoms with van der Waals surface area (Å²) in [5, 5.41) is 0. The fourth-order valence-electron chi connectivity index (χ4n) is 3.18. The number of nitrogens with zero attached hydrogens (tertiary/aromatic N) is 2. The standard InChI is InChI=1S/C23H28N2O3/c1-27-23(26)19-28-22-11-9-21(10-12-22)18-25-16-14-24(15-17-25)13-5-8-20-6-3-2-4-7-20/h2-12H,13-19H2,1H3. The van der Waals surface area contributed by atoms with E-state index in [1.54, 1.807) is 0 Å². The maximum Gasteiger partial charge on any atom is 0.343 e. The lowest BCUT2D eigenvalue weighted by molar-refractivity contribution is -0.142. The fourth-order valence-corrected chi connectivity index (χ4v) is 3.18. The van der Waals surface area contributed by atoms with Gasteiger partial charge in [-0.15, -0.1) is 0 Å². The number of benzene rings is 2. The molecule has 0 bridgehead atoms. The second-order valence-corrected chi connectivity index (χ2v) is 6.90.